The van der Waals surface area contributed by atoms with E-state index in [1.807, 2.05) is 12.1 Å². The number of H-pyrrole nitrogens is 1. The molecule has 28 heavy (non-hydrogen) atoms. The maximum absolute atomic E-state index is 13.9. The van der Waals surface area contributed by atoms with Gasteiger partial charge in [-0.15, -0.1) is 12.4 Å². The molecular formula is C23H26ClFN2O. The predicted molar refractivity (Wildman–Crippen MR) is 113 cm³/mol. The minimum Gasteiger partial charge on any atom is -0.497 e. The summed E-state index contributed by atoms with van der Waals surface area (Å²) in [6.45, 7) is 2.16. The number of piperidine rings is 1. The summed E-state index contributed by atoms with van der Waals surface area (Å²) in [5.41, 5.74) is 5.11. The first-order valence-corrected chi connectivity index (χ1v) is 9.71. The Bertz CT molecular complexity index is 1020. The Morgan fingerprint density at radius 2 is 2.07 bits per heavy atom. The van der Waals surface area contributed by atoms with Crippen molar-refractivity contribution in [3.8, 4) is 5.75 Å². The molecule has 0 spiro atoms. The van der Waals surface area contributed by atoms with Gasteiger partial charge in [-0.1, -0.05) is 12.1 Å². The van der Waals surface area contributed by atoms with Crippen LogP contribution in [0.15, 0.2) is 42.5 Å². The highest BCUT2D eigenvalue weighted by atomic mass is 35.5. The molecule has 0 saturated carbocycles. The van der Waals surface area contributed by atoms with Crippen LogP contribution in [-0.4, -0.2) is 37.1 Å². The first kappa shape index (κ1) is 19.3. The van der Waals surface area contributed by atoms with Crippen LogP contribution in [0.2, 0.25) is 0 Å². The van der Waals surface area contributed by atoms with Crippen LogP contribution in [0.4, 0.5) is 4.39 Å². The molecule has 148 valence electrons. The number of nitrogens with one attached hydrogen (secondary N) is 1. The van der Waals surface area contributed by atoms with E-state index in [0.29, 0.717) is 5.92 Å². The Hall–Kier alpha value is -2.04. The number of aromatic nitrogens is 1. The van der Waals surface area contributed by atoms with Crippen LogP contribution in [0.3, 0.4) is 0 Å². The van der Waals surface area contributed by atoms with Gasteiger partial charge in [-0.05, 0) is 80.2 Å². The number of benzene rings is 2. The molecule has 0 bridgehead atoms. The van der Waals surface area contributed by atoms with Crippen LogP contribution in [-0.2, 0) is 18.3 Å². The molecule has 1 aliphatic carbocycles. The highest BCUT2D eigenvalue weighted by molar-refractivity contribution is 5.85. The summed E-state index contributed by atoms with van der Waals surface area (Å²) < 4.78 is 19.4. The number of hydrogen-bond donors (Lipinski definition) is 1. The van der Waals surface area contributed by atoms with Gasteiger partial charge in [0, 0.05) is 28.6 Å². The van der Waals surface area contributed by atoms with E-state index >= 15 is 0 Å². The Morgan fingerprint density at radius 3 is 2.89 bits per heavy atom. The summed E-state index contributed by atoms with van der Waals surface area (Å²) >= 11 is 0. The second-order valence-corrected chi connectivity index (χ2v) is 8.25. The van der Waals surface area contributed by atoms with E-state index in [1.54, 1.807) is 19.2 Å². The number of fused-ring (bicyclic) bond motifs is 4. The number of ether oxygens (including phenoxy) is 1. The Balaban J connectivity index is 0.00000192. The standard InChI is InChI=1S/C23H25FN2O.ClH/c1-26-9-8-23(15-4-3-5-18(10-15)27-2)13-22-19(11-16(23)14-26)20-12-17(24)6-7-21(20)25-22;/h3-7,10,12,16,25H,8-9,11,13-14H2,1-2H3;1H. The lowest BCUT2D eigenvalue weighted by Gasteiger charge is -2.50. The second kappa shape index (κ2) is 7.09. The molecule has 3 nitrogen and oxygen atoms in total. The highest BCUT2D eigenvalue weighted by Gasteiger charge is 2.47. The number of rotatable bonds is 2. The van der Waals surface area contributed by atoms with Gasteiger partial charge in [-0.25, -0.2) is 4.39 Å². The molecule has 2 aliphatic rings. The van der Waals surface area contributed by atoms with Gasteiger partial charge < -0.3 is 14.6 Å². The fourth-order valence-corrected chi connectivity index (χ4v) is 5.37. The van der Waals surface area contributed by atoms with Crippen LogP contribution in [0.25, 0.3) is 10.9 Å². The number of aromatic amines is 1. The molecule has 5 rings (SSSR count). The van der Waals surface area contributed by atoms with Crippen LogP contribution in [0, 0.1) is 11.7 Å². The number of hydrogen-bond acceptors (Lipinski definition) is 2. The number of nitrogens with zero attached hydrogens (tertiary/aromatic N) is 1. The van der Waals surface area contributed by atoms with E-state index in [1.165, 1.54) is 16.8 Å². The van der Waals surface area contributed by atoms with Crippen molar-refractivity contribution in [2.45, 2.75) is 24.7 Å². The molecule has 1 aliphatic heterocycles. The zero-order valence-electron chi connectivity index (χ0n) is 16.3. The molecule has 0 amide bonds. The largest absolute Gasteiger partial charge is 0.497 e. The third kappa shape index (κ3) is 2.90. The lowest BCUT2D eigenvalue weighted by Crippen LogP contribution is -2.52. The van der Waals surface area contributed by atoms with Gasteiger partial charge >= 0.3 is 0 Å². The summed E-state index contributed by atoms with van der Waals surface area (Å²) in [7, 11) is 3.94. The van der Waals surface area contributed by atoms with Crippen LogP contribution >= 0.6 is 12.4 Å². The molecule has 2 aromatic carbocycles. The van der Waals surface area contributed by atoms with Crippen molar-refractivity contribution in [2.75, 3.05) is 27.2 Å². The fraction of sp³-hybridized carbons (Fsp3) is 0.391. The molecule has 0 radical (unpaired) electrons. The first-order valence-electron chi connectivity index (χ1n) is 9.71. The Morgan fingerprint density at radius 1 is 1.21 bits per heavy atom. The maximum atomic E-state index is 13.9. The van der Waals surface area contributed by atoms with Gasteiger partial charge in [-0.2, -0.15) is 0 Å². The fourth-order valence-electron chi connectivity index (χ4n) is 5.37. The van der Waals surface area contributed by atoms with E-state index < -0.39 is 0 Å². The number of methoxy groups -OCH3 is 1. The zero-order chi connectivity index (χ0) is 18.6. The quantitative estimate of drug-likeness (QED) is 0.673. The Labute approximate surface area is 171 Å². The summed E-state index contributed by atoms with van der Waals surface area (Å²) in [4.78, 5) is 6.03. The van der Waals surface area contributed by atoms with Crippen LogP contribution in [0.1, 0.15) is 23.2 Å². The third-order valence-electron chi connectivity index (χ3n) is 6.80. The SMILES string of the molecule is COc1cccc(C23CCN(C)CC2Cc2c([nH]c4ccc(F)cc24)C3)c1.Cl. The van der Waals surface area contributed by atoms with Crippen molar-refractivity contribution in [1.29, 1.82) is 0 Å². The smallest absolute Gasteiger partial charge is 0.123 e. The molecule has 5 heteroatoms. The molecule has 2 unspecified atom stereocenters. The van der Waals surface area contributed by atoms with E-state index in [-0.39, 0.29) is 23.6 Å². The van der Waals surface area contributed by atoms with E-state index in [2.05, 4.69) is 35.1 Å². The lowest BCUT2D eigenvalue weighted by atomic mass is 9.59. The van der Waals surface area contributed by atoms with Gasteiger partial charge in [0.2, 0.25) is 0 Å². The maximum Gasteiger partial charge on any atom is 0.123 e. The molecule has 1 aromatic heterocycles. The van der Waals surface area contributed by atoms with Gasteiger partial charge in [0.05, 0.1) is 7.11 Å². The summed E-state index contributed by atoms with van der Waals surface area (Å²) in [5.74, 6) is 1.27. The van der Waals surface area contributed by atoms with Crippen molar-refractivity contribution < 1.29 is 9.13 Å². The van der Waals surface area contributed by atoms with E-state index in [9.17, 15) is 4.39 Å². The number of halogens is 2. The van der Waals surface area contributed by atoms with E-state index in [4.69, 9.17) is 4.74 Å². The average molecular weight is 401 g/mol. The first-order chi connectivity index (χ1) is 13.1. The van der Waals surface area contributed by atoms with Gasteiger partial charge in [0.15, 0.2) is 0 Å². The number of likely N-dealkylation sites (tertiary alicyclic amines) is 1. The molecule has 3 aromatic rings. The molecule has 1 saturated heterocycles. The third-order valence-corrected chi connectivity index (χ3v) is 6.80. The molecule has 2 heterocycles. The summed E-state index contributed by atoms with van der Waals surface area (Å²) in [5, 5.41) is 1.05. The zero-order valence-corrected chi connectivity index (χ0v) is 17.1. The minimum atomic E-state index is -0.158. The molecular weight excluding hydrogens is 375 g/mol. The summed E-state index contributed by atoms with van der Waals surface area (Å²) in [6, 6.07) is 13.7. The normalized spacial score (nSPS) is 24.3. The van der Waals surface area contributed by atoms with Gasteiger partial charge in [-0.3, -0.25) is 0 Å². The highest BCUT2D eigenvalue weighted by Crippen LogP contribution is 2.49. The van der Waals surface area contributed by atoms with Gasteiger partial charge in [0.25, 0.3) is 0 Å². The van der Waals surface area contributed by atoms with Crippen molar-refractivity contribution in [2.24, 2.45) is 5.92 Å². The summed E-state index contributed by atoms with van der Waals surface area (Å²) in [6.07, 6.45) is 3.09. The predicted octanol–water partition coefficient (Wildman–Crippen LogP) is 4.73. The van der Waals surface area contributed by atoms with Gasteiger partial charge in [0.1, 0.15) is 11.6 Å². The minimum absolute atomic E-state index is 0. The molecule has 1 N–H and O–H groups in total. The molecule has 1 fully saturated rings. The van der Waals surface area contributed by atoms with Crippen molar-refractivity contribution in [3.63, 3.8) is 0 Å². The average Bonchev–Trinajstić information content (AvgIpc) is 3.02. The lowest BCUT2D eigenvalue weighted by molar-refractivity contribution is 0.0994. The Kier molecular flexibility index (Phi) is 4.88. The monoisotopic (exact) mass is 400 g/mol. The van der Waals surface area contributed by atoms with Crippen LogP contribution < -0.4 is 4.74 Å². The second-order valence-electron chi connectivity index (χ2n) is 8.25. The van der Waals surface area contributed by atoms with E-state index in [0.717, 1.165) is 49.0 Å². The van der Waals surface area contributed by atoms with Crippen molar-refractivity contribution in [1.82, 2.24) is 9.88 Å². The van der Waals surface area contributed by atoms with Crippen molar-refractivity contribution in [3.05, 3.63) is 65.1 Å². The topological polar surface area (TPSA) is 28.3 Å². The van der Waals surface area contributed by atoms with Crippen LogP contribution in [0.5, 0.6) is 5.75 Å². The molecule has 2 atom stereocenters. The van der Waals surface area contributed by atoms with Crippen molar-refractivity contribution >= 4 is 23.3 Å².